The summed E-state index contributed by atoms with van der Waals surface area (Å²) >= 11 is 6.60. The van der Waals surface area contributed by atoms with E-state index < -0.39 is 11.7 Å². The molecule has 2 aromatic carbocycles. The van der Waals surface area contributed by atoms with Crippen LogP contribution in [0.1, 0.15) is 17.0 Å². The topological polar surface area (TPSA) is 96.9 Å². The van der Waals surface area contributed by atoms with E-state index in [2.05, 4.69) is 32.2 Å². The lowest BCUT2D eigenvalue weighted by atomic mass is 10.1. The molecule has 0 unspecified atom stereocenters. The molecule has 1 fully saturated rings. The quantitative estimate of drug-likeness (QED) is 0.161. The zero-order valence-corrected chi connectivity index (χ0v) is 23.9. The first-order valence-corrected chi connectivity index (χ1v) is 13.6. The van der Waals surface area contributed by atoms with Crippen molar-refractivity contribution in [2.75, 3.05) is 43.1 Å². The van der Waals surface area contributed by atoms with Crippen LogP contribution in [-0.4, -0.2) is 65.5 Å². The number of amidine groups is 1. The van der Waals surface area contributed by atoms with Crippen molar-refractivity contribution in [3.8, 4) is 5.75 Å². The van der Waals surface area contributed by atoms with E-state index in [1.165, 1.54) is 12.1 Å². The molecule has 0 spiro atoms. The fourth-order valence-corrected chi connectivity index (χ4v) is 5.01. The minimum absolute atomic E-state index is 0.0275. The minimum Gasteiger partial charge on any atom is -0.470 e. The Kier molecular flexibility index (Phi) is 8.44. The van der Waals surface area contributed by atoms with Gasteiger partial charge >= 0.3 is 6.18 Å². The number of benzene rings is 2. The Balaban J connectivity index is 1.35. The molecule has 0 amide bonds. The number of hydrogen-bond acceptors (Lipinski definition) is 6. The standard InChI is InChI=1S/C29H30ClF3N8O/c1-18-13-22-23(36-18)7-8-24(28(22)30)42-17-35-27(16-25(34-3)37-26-14-19(2)38-39-26)41-11-9-40(10-12-41)21-6-4-5-20(15-21)29(31,32)33/h4-8,13-16,36H,3,9-12,17H2,1-2H3,(H2,37,38,39)/b25-16+,35-27+. The lowest BCUT2D eigenvalue weighted by Gasteiger charge is -2.37. The molecule has 3 heterocycles. The van der Waals surface area contributed by atoms with Gasteiger partial charge in [-0.2, -0.15) is 18.3 Å². The molecule has 13 heteroatoms. The van der Waals surface area contributed by atoms with Gasteiger partial charge in [0.1, 0.15) is 17.4 Å². The van der Waals surface area contributed by atoms with Crippen LogP contribution >= 0.6 is 11.6 Å². The lowest BCUT2D eigenvalue weighted by Crippen LogP contribution is -2.48. The third kappa shape index (κ3) is 6.71. The van der Waals surface area contributed by atoms with Crippen molar-refractivity contribution in [3.63, 3.8) is 0 Å². The highest BCUT2D eigenvalue weighted by molar-refractivity contribution is 6.37. The normalized spacial score (nSPS) is 14.9. The molecule has 4 aromatic rings. The van der Waals surface area contributed by atoms with Gasteiger partial charge in [-0.25, -0.2) is 9.98 Å². The number of alkyl halides is 3. The largest absolute Gasteiger partial charge is 0.470 e. The highest BCUT2D eigenvalue weighted by Gasteiger charge is 2.31. The molecule has 0 bridgehead atoms. The van der Waals surface area contributed by atoms with E-state index >= 15 is 0 Å². The molecular formula is C29H30ClF3N8O. The average Bonchev–Trinajstić information content (AvgIpc) is 3.57. The first-order chi connectivity index (χ1) is 20.1. The fraction of sp³-hybridized carbons (Fsp3) is 0.276. The zero-order chi connectivity index (χ0) is 29.9. The van der Waals surface area contributed by atoms with Crippen LogP contribution in [0.25, 0.3) is 10.9 Å². The molecule has 42 heavy (non-hydrogen) atoms. The number of aromatic amines is 2. The summed E-state index contributed by atoms with van der Waals surface area (Å²) < 4.78 is 45.7. The number of ether oxygens (including phenoxy) is 1. The van der Waals surface area contributed by atoms with Crippen LogP contribution in [0.3, 0.4) is 0 Å². The number of rotatable bonds is 8. The van der Waals surface area contributed by atoms with Gasteiger partial charge in [0.25, 0.3) is 0 Å². The number of halogens is 4. The number of nitrogens with one attached hydrogen (secondary N) is 3. The molecule has 3 N–H and O–H groups in total. The molecule has 0 saturated carbocycles. The van der Waals surface area contributed by atoms with Crippen LogP contribution < -0.4 is 15.0 Å². The summed E-state index contributed by atoms with van der Waals surface area (Å²) in [5, 5.41) is 11.5. The number of aryl methyl sites for hydroxylation is 2. The molecule has 1 aliphatic rings. The number of hydrogen-bond donors (Lipinski definition) is 3. The summed E-state index contributed by atoms with van der Waals surface area (Å²) in [5.41, 5.74) is 2.63. The molecule has 1 saturated heterocycles. The Morgan fingerprint density at radius 1 is 1.12 bits per heavy atom. The number of H-pyrrole nitrogens is 2. The van der Waals surface area contributed by atoms with Crippen molar-refractivity contribution in [3.05, 3.63) is 82.4 Å². The molecule has 2 aromatic heterocycles. The van der Waals surface area contributed by atoms with Crippen molar-refractivity contribution in [2.45, 2.75) is 20.0 Å². The predicted octanol–water partition coefficient (Wildman–Crippen LogP) is 6.39. The van der Waals surface area contributed by atoms with Gasteiger partial charge in [-0.05, 0) is 57.0 Å². The number of piperazine rings is 1. The van der Waals surface area contributed by atoms with Crippen LogP contribution in [0.4, 0.5) is 24.7 Å². The third-order valence-electron chi connectivity index (χ3n) is 6.82. The number of aliphatic imine (C=N–C) groups is 2. The van der Waals surface area contributed by atoms with E-state index in [0.29, 0.717) is 60.1 Å². The fourth-order valence-electron chi connectivity index (χ4n) is 4.73. The average molecular weight is 599 g/mol. The molecular weight excluding hydrogens is 569 g/mol. The maximum Gasteiger partial charge on any atom is 0.416 e. The summed E-state index contributed by atoms with van der Waals surface area (Å²) in [6, 6.07) is 12.8. The molecule has 220 valence electrons. The first kappa shape index (κ1) is 29.1. The highest BCUT2D eigenvalue weighted by Crippen LogP contribution is 2.34. The van der Waals surface area contributed by atoms with Crippen molar-refractivity contribution in [1.82, 2.24) is 20.1 Å². The van der Waals surface area contributed by atoms with Crippen LogP contribution in [0.15, 0.2) is 70.4 Å². The second-order valence-electron chi connectivity index (χ2n) is 9.85. The predicted molar refractivity (Wildman–Crippen MR) is 161 cm³/mol. The van der Waals surface area contributed by atoms with Crippen molar-refractivity contribution in [1.29, 1.82) is 0 Å². The molecule has 0 atom stereocenters. The van der Waals surface area contributed by atoms with Crippen LogP contribution in [-0.2, 0) is 6.18 Å². The molecule has 0 aliphatic carbocycles. The van der Waals surface area contributed by atoms with E-state index in [-0.39, 0.29) is 6.73 Å². The van der Waals surface area contributed by atoms with Gasteiger partial charge in [-0.15, -0.1) is 0 Å². The summed E-state index contributed by atoms with van der Waals surface area (Å²) in [4.78, 5) is 16.0. The van der Waals surface area contributed by atoms with Gasteiger partial charge in [0.15, 0.2) is 12.5 Å². The summed E-state index contributed by atoms with van der Waals surface area (Å²) in [6.07, 6.45) is -2.66. The number of aromatic nitrogens is 3. The molecule has 5 rings (SSSR count). The van der Waals surface area contributed by atoms with E-state index in [1.807, 2.05) is 41.8 Å². The Bertz CT molecular complexity index is 1630. The van der Waals surface area contributed by atoms with Crippen LogP contribution in [0.5, 0.6) is 5.75 Å². The highest BCUT2D eigenvalue weighted by atomic mass is 35.5. The smallest absolute Gasteiger partial charge is 0.416 e. The lowest BCUT2D eigenvalue weighted by molar-refractivity contribution is -0.137. The Hall–Kier alpha value is -4.45. The van der Waals surface area contributed by atoms with Gasteiger partial charge in [-0.3, -0.25) is 5.10 Å². The van der Waals surface area contributed by atoms with Gasteiger partial charge in [0.2, 0.25) is 0 Å². The Morgan fingerprint density at radius 2 is 1.90 bits per heavy atom. The van der Waals surface area contributed by atoms with Crippen molar-refractivity contribution >= 4 is 46.6 Å². The van der Waals surface area contributed by atoms with Gasteiger partial charge in [-0.1, -0.05) is 17.7 Å². The van der Waals surface area contributed by atoms with Crippen LogP contribution in [0, 0.1) is 13.8 Å². The molecule has 0 radical (unpaired) electrons. The summed E-state index contributed by atoms with van der Waals surface area (Å²) in [6.45, 7) is 9.48. The summed E-state index contributed by atoms with van der Waals surface area (Å²) in [5.74, 6) is 2.05. The first-order valence-electron chi connectivity index (χ1n) is 13.2. The Morgan fingerprint density at radius 3 is 2.60 bits per heavy atom. The minimum atomic E-state index is -4.40. The van der Waals surface area contributed by atoms with Gasteiger partial charge < -0.3 is 24.8 Å². The van der Waals surface area contributed by atoms with E-state index in [0.717, 1.165) is 28.4 Å². The second kappa shape index (κ2) is 12.2. The van der Waals surface area contributed by atoms with Crippen molar-refractivity contribution in [2.24, 2.45) is 9.98 Å². The summed E-state index contributed by atoms with van der Waals surface area (Å²) in [7, 11) is 0. The van der Waals surface area contributed by atoms with E-state index in [1.54, 1.807) is 18.2 Å². The zero-order valence-electron chi connectivity index (χ0n) is 23.1. The van der Waals surface area contributed by atoms with Gasteiger partial charge in [0, 0.05) is 66.3 Å². The number of fused-ring (bicyclic) bond motifs is 1. The molecule has 1 aliphatic heterocycles. The second-order valence-corrected chi connectivity index (χ2v) is 10.2. The van der Waals surface area contributed by atoms with E-state index in [4.69, 9.17) is 21.3 Å². The van der Waals surface area contributed by atoms with Crippen LogP contribution in [0.2, 0.25) is 5.02 Å². The Labute approximate surface area is 245 Å². The van der Waals surface area contributed by atoms with Crippen molar-refractivity contribution < 1.29 is 17.9 Å². The SMILES string of the molecule is C=N/C(=C\C(=N/COc1ccc2[nH]c(C)cc2c1Cl)N1CCN(c2cccc(C(F)(F)F)c2)CC1)Nc1cc(C)[nH]n1. The molecule has 9 nitrogen and oxygen atoms in total. The maximum atomic E-state index is 13.3. The third-order valence-corrected chi connectivity index (χ3v) is 7.21. The maximum absolute atomic E-state index is 13.3. The monoisotopic (exact) mass is 598 g/mol. The van der Waals surface area contributed by atoms with Gasteiger partial charge in [0.05, 0.1) is 10.6 Å². The van der Waals surface area contributed by atoms with E-state index in [9.17, 15) is 13.2 Å². The number of anilines is 2. The number of nitrogens with zero attached hydrogens (tertiary/aromatic N) is 5.